The number of halogens is 2. The minimum absolute atomic E-state index is 0.0336. The molecule has 2 saturated carbocycles. The van der Waals surface area contributed by atoms with E-state index in [1.54, 1.807) is 18.2 Å². The Bertz CT molecular complexity index is 646. The van der Waals surface area contributed by atoms with Gasteiger partial charge in [-0.3, -0.25) is 9.59 Å². The summed E-state index contributed by atoms with van der Waals surface area (Å²) in [6.07, 6.45) is 1.74. The Balaban J connectivity index is 1.59. The number of carbonyl (C=O) groups excluding carboxylic acids is 2. The second-order valence-corrected chi connectivity index (χ2v) is 6.80. The third-order valence-corrected chi connectivity index (χ3v) is 5.81. The summed E-state index contributed by atoms with van der Waals surface area (Å²) < 4.78 is 5.35. The van der Waals surface area contributed by atoms with Crippen molar-refractivity contribution in [3.8, 4) is 0 Å². The molecule has 1 aromatic carbocycles. The minimum Gasteiger partial charge on any atom is -0.462 e. The summed E-state index contributed by atoms with van der Waals surface area (Å²) in [6.45, 7) is 0. The Morgan fingerprint density at radius 1 is 1.29 bits per heavy atom. The van der Waals surface area contributed by atoms with E-state index in [-0.39, 0.29) is 41.7 Å². The lowest BCUT2D eigenvalue weighted by molar-refractivity contribution is -0.145. The van der Waals surface area contributed by atoms with Crippen LogP contribution in [0.25, 0.3) is 0 Å². The number of fused-ring (bicyclic) bond motifs is 1. The maximum atomic E-state index is 12.6. The molecular formula is C15H13Cl2NO3. The lowest BCUT2D eigenvalue weighted by atomic mass is 9.79. The Morgan fingerprint density at radius 3 is 2.90 bits per heavy atom. The van der Waals surface area contributed by atoms with E-state index in [2.05, 4.69) is 5.32 Å². The van der Waals surface area contributed by atoms with Gasteiger partial charge in [-0.1, -0.05) is 29.3 Å². The molecular weight excluding hydrogens is 313 g/mol. The van der Waals surface area contributed by atoms with Gasteiger partial charge in [0.1, 0.15) is 6.10 Å². The van der Waals surface area contributed by atoms with Crippen molar-refractivity contribution in [3.63, 3.8) is 0 Å². The molecule has 1 saturated heterocycles. The third-order valence-electron chi connectivity index (χ3n) is 5.00. The topological polar surface area (TPSA) is 55.4 Å². The van der Waals surface area contributed by atoms with Crippen LogP contribution in [0, 0.1) is 23.7 Å². The number of esters is 1. The zero-order chi connectivity index (χ0) is 14.7. The Hall–Kier alpha value is -1.26. The number of rotatable bonds is 2. The molecule has 3 fully saturated rings. The van der Waals surface area contributed by atoms with E-state index in [0.717, 1.165) is 12.8 Å². The average molecular weight is 326 g/mol. The molecule has 6 heteroatoms. The predicted molar refractivity (Wildman–Crippen MR) is 78.2 cm³/mol. The summed E-state index contributed by atoms with van der Waals surface area (Å²) in [5, 5.41) is 3.53. The molecule has 5 atom stereocenters. The molecule has 0 unspecified atom stereocenters. The van der Waals surface area contributed by atoms with Gasteiger partial charge in [0.25, 0.3) is 0 Å². The van der Waals surface area contributed by atoms with Crippen molar-refractivity contribution in [1.82, 2.24) is 0 Å². The standard InChI is InChI=1S/C15H13Cl2NO3/c16-8-2-1-3-9(13(8)17)18-14(19)11-6-4-7-10(5-6)21-15(20)12(7)11/h1-3,6-7,10-12H,4-5H2,(H,18,19)/t6-,7+,10-,11-,12-/m1/s1. The molecule has 2 bridgehead atoms. The molecule has 0 spiro atoms. The van der Waals surface area contributed by atoms with Crippen molar-refractivity contribution >= 4 is 40.8 Å². The third kappa shape index (κ3) is 1.89. The first-order valence-electron chi connectivity index (χ1n) is 7.01. The fourth-order valence-electron chi connectivity index (χ4n) is 4.18. The molecule has 1 amide bonds. The number of hydrogen-bond donors (Lipinski definition) is 1. The number of hydrogen-bond acceptors (Lipinski definition) is 3. The number of carbonyl (C=O) groups is 2. The number of anilines is 1. The van der Waals surface area contributed by atoms with Crippen molar-refractivity contribution in [2.75, 3.05) is 5.32 Å². The van der Waals surface area contributed by atoms with Crippen molar-refractivity contribution in [2.45, 2.75) is 18.9 Å². The Labute approximate surface area is 131 Å². The SMILES string of the molecule is O=C(Nc1cccc(Cl)c1Cl)[C@@H]1[C@@H]2C[C@@H]3[C@H]1C(=O)O[C@@H]3C2. The second kappa shape index (κ2) is 4.62. The van der Waals surface area contributed by atoms with E-state index >= 15 is 0 Å². The van der Waals surface area contributed by atoms with Crippen LogP contribution in [0.5, 0.6) is 0 Å². The number of nitrogens with one attached hydrogen (secondary N) is 1. The number of amides is 1. The van der Waals surface area contributed by atoms with E-state index < -0.39 is 0 Å². The first kappa shape index (κ1) is 13.4. The summed E-state index contributed by atoms with van der Waals surface area (Å²) in [6, 6.07) is 5.09. The molecule has 1 N–H and O–H groups in total. The van der Waals surface area contributed by atoms with Gasteiger partial charge in [0.15, 0.2) is 0 Å². The highest BCUT2D eigenvalue weighted by molar-refractivity contribution is 6.44. The summed E-state index contributed by atoms with van der Waals surface area (Å²) in [4.78, 5) is 24.5. The van der Waals surface area contributed by atoms with Gasteiger partial charge in [-0.15, -0.1) is 0 Å². The first-order valence-corrected chi connectivity index (χ1v) is 7.77. The van der Waals surface area contributed by atoms with E-state index in [0.29, 0.717) is 15.7 Å². The molecule has 3 aliphatic rings. The Kier molecular flexibility index (Phi) is 2.95. The van der Waals surface area contributed by atoms with Crippen LogP contribution in [-0.4, -0.2) is 18.0 Å². The van der Waals surface area contributed by atoms with Gasteiger partial charge in [0, 0.05) is 5.92 Å². The molecule has 0 radical (unpaired) electrons. The smallest absolute Gasteiger partial charge is 0.310 e. The van der Waals surface area contributed by atoms with Crippen LogP contribution in [0.15, 0.2) is 18.2 Å². The van der Waals surface area contributed by atoms with E-state index in [1.165, 1.54) is 0 Å². The lowest BCUT2D eigenvalue weighted by Crippen LogP contribution is -2.35. The highest BCUT2D eigenvalue weighted by Crippen LogP contribution is 2.57. The van der Waals surface area contributed by atoms with Gasteiger partial charge in [0.2, 0.25) is 5.91 Å². The van der Waals surface area contributed by atoms with Gasteiger partial charge in [-0.05, 0) is 30.9 Å². The van der Waals surface area contributed by atoms with Crippen LogP contribution in [0.3, 0.4) is 0 Å². The lowest BCUT2D eigenvalue weighted by Gasteiger charge is -2.23. The van der Waals surface area contributed by atoms with Gasteiger partial charge in [0.05, 0.1) is 27.6 Å². The minimum atomic E-state index is -0.309. The monoisotopic (exact) mass is 325 g/mol. The molecule has 21 heavy (non-hydrogen) atoms. The predicted octanol–water partition coefficient (Wildman–Crippen LogP) is 3.13. The van der Waals surface area contributed by atoms with Crippen LogP contribution in [0.2, 0.25) is 10.0 Å². The highest BCUT2D eigenvalue weighted by atomic mass is 35.5. The van der Waals surface area contributed by atoms with Crippen molar-refractivity contribution in [1.29, 1.82) is 0 Å². The second-order valence-electron chi connectivity index (χ2n) is 6.01. The largest absolute Gasteiger partial charge is 0.462 e. The van der Waals surface area contributed by atoms with E-state index in [9.17, 15) is 9.59 Å². The van der Waals surface area contributed by atoms with Crippen molar-refractivity contribution in [3.05, 3.63) is 28.2 Å². The summed E-state index contributed by atoms with van der Waals surface area (Å²) in [5.41, 5.74) is 0.486. The highest BCUT2D eigenvalue weighted by Gasteiger charge is 2.63. The summed E-state index contributed by atoms with van der Waals surface area (Å²) >= 11 is 12.0. The number of benzene rings is 1. The van der Waals surface area contributed by atoms with Gasteiger partial charge in [-0.2, -0.15) is 0 Å². The van der Waals surface area contributed by atoms with Gasteiger partial charge >= 0.3 is 5.97 Å². The number of ether oxygens (including phenoxy) is 1. The van der Waals surface area contributed by atoms with Gasteiger partial charge in [-0.25, -0.2) is 0 Å². The van der Waals surface area contributed by atoms with E-state index in [1.807, 2.05) is 0 Å². The van der Waals surface area contributed by atoms with Gasteiger partial charge < -0.3 is 10.1 Å². The summed E-state index contributed by atoms with van der Waals surface area (Å²) in [7, 11) is 0. The first-order chi connectivity index (χ1) is 10.1. The average Bonchev–Trinajstić information content (AvgIpc) is 3.05. The molecule has 4 rings (SSSR count). The maximum absolute atomic E-state index is 12.6. The zero-order valence-corrected chi connectivity index (χ0v) is 12.5. The van der Waals surface area contributed by atoms with Crippen LogP contribution in [0.4, 0.5) is 5.69 Å². The molecule has 1 aliphatic heterocycles. The van der Waals surface area contributed by atoms with Crippen LogP contribution >= 0.6 is 23.2 Å². The van der Waals surface area contributed by atoms with E-state index in [4.69, 9.17) is 27.9 Å². The molecule has 4 nitrogen and oxygen atoms in total. The van der Waals surface area contributed by atoms with Crippen LogP contribution in [0.1, 0.15) is 12.8 Å². The maximum Gasteiger partial charge on any atom is 0.310 e. The fourth-order valence-corrected chi connectivity index (χ4v) is 4.53. The van der Waals surface area contributed by atoms with Crippen molar-refractivity contribution in [2.24, 2.45) is 23.7 Å². The molecule has 0 aromatic heterocycles. The molecule has 2 aliphatic carbocycles. The Morgan fingerprint density at radius 2 is 2.10 bits per heavy atom. The van der Waals surface area contributed by atoms with Crippen molar-refractivity contribution < 1.29 is 14.3 Å². The zero-order valence-electron chi connectivity index (χ0n) is 11.0. The quantitative estimate of drug-likeness (QED) is 0.850. The molecule has 1 aromatic rings. The van der Waals surface area contributed by atoms with Crippen LogP contribution < -0.4 is 5.32 Å². The summed E-state index contributed by atoms with van der Waals surface area (Å²) in [5.74, 6) is -0.526. The molecule has 110 valence electrons. The molecule has 1 heterocycles. The normalized spacial score (nSPS) is 35.9. The fraction of sp³-hybridized carbons (Fsp3) is 0.467. The van der Waals surface area contributed by atoms with Crippen LogP contribution in [-0.2, 0) is 14.3 Å².